The fraction of sp³-hybridized carbons (Fsp3) is 0.720. The number of benzene rings is 1. The van der Waals surface area contributed by atoms with E-state index in [0.29, 0.717) is 18.4 Å². The third kappa shape index (κ3) is 4.81. The summed E-state index contributed by atoms with van der Waals surface area (Å²) in [6.45, 7) is 10.8. The molecular formula is C25H40N2O5. The summed E-state index contributed by atoms with van der Waals surface area (Å²) >= 11 is 0. The number of aryl methyl sites for hydroxylation is 1. The van der Waals surface area contributed by atoms with E-state index in [4.69, 9.17) is 9.57 Å². The first kappa shape index (κ1) is 25.0. The van der Waals surface area contributed by atoms with Crippen LogP contribution in [0.3, 0.4) is 0 Å². The maximum Gasteiger partial charge on any atom is 0.240 e. The quantitative estimate of drug-likeness (QED) is 0.594. The van der Waals surface area contributed by atoms with Gasteiger partial charge in [-0.2, -0.15) is 5.06 Å². The standard InChI is InChI=1S/C25H40N2O5/c1-15-8-7-9-18(23(15)31-6)12-27-22(19(13-28)21(14-29)32-27)24(30)26-20-10-11-25(4,5)17(3)16(20)2/h7-9,16-17,19-22,28-29H,10-14H2,1-6H3,(H,26,30)/t16?,17-,19+,20-,21?,22-/m0/s1. The molecule has 0 bridgehead atoms. The van der Waals surface area contributed by atoms with Gasteiger partial charge < -0.3 is 20.3 Å². The molecule has 1 heterocycles. The van der Waals surface area contributed by atoms with Gasteiger partial charge in [0.05, 0.1) is 26.9 Å². The minimum atomic E-state index is -0.695. The average molecular weight is 449 g/mol. The van der Waals surface area contributed by atoms with Crippen LogP contribution in [-0.2, 0) is 16.2 Å². The molecule has 7 nitrogen and oxygen atoms in total. The predicted molar refractivity (Wildman–Crippen MR) is 123 cm³/mol. The highest BCUT2D eigenvalue weighted by molar-refractivity contribution is 5.82. The molecule has 3 rings (SSSR count). The fourth-order valence-electron chi connectivity index (χ4n) is 5.43. The van der Waals surface area contributed by atoms with Crippen molar-refractivity contribution in [3.8, 4) is 5.75 Å². The van der Waals surface area contributed by atoms with E-state index in [1.807, 2.05) is 25.1 Å². The van der Waals surface area contributed by atoms with Crippen LogP contribution >= 0.6 is 0 Å². The summed E-state index contributed by atoms with van der Waals surface area (Å²) in [4.78, 5) is 19.5. The number of hydrogen-bond donors (Lipinski definition) is 3. The number of hydroxylamine groups is 2. The molecule has 1 amide bonds. The molecule has 0 spiro atoms. The van der Waals surface area contributed by atoms with Gasteiger partial charge in [-0.3, -0.25) is 9.63 Å². The number of amides is 1. The Balaban J connectivity index is 1.82. The summed E-state index contributed by atoms with van der Waals surface area (Å²) in [6, 6.07) is 5.24. The van der Waals surface area contributed by atoms with E-state index in [1.165, 1.54) is 0 Å². The molecule has 1 saturated heterocycles. The summed E-state index contributed by atoms with van der Waals surface area (Å²) in [5.74, 6) is 0.906. The molecule has 0 radical (unpaired) electrons. The number of nitrogens with zero attached hydrogens (tertiary/aromatic N) is 1. The second-order valence-corrected chi connectivity index (χ2v) is 10.3. The van der Waals surface area contributed by atoms with Crippen LogP contribution in [0.4, 0.5) is 0 Å². The van der Waals surface area contributed by atoms with Gasteiger partial charge in [0.2, 0.25) is 5.91 Å². The molecule has 1 aromatic carbocycles. The van der Waals surface area contributed by atoms with Crippen LogP contribution in [-0.4, -0.2) is 59.7 Å². The Morgan fingerprint density at radius 2 is 2.00 bits per heavy atom. The highest BCUT2D eigenvalue weighted by Gasteiger charge is 2.48. The van der Waals surface area contributed by atoms with Gasteiger partial charge in [-0.05, 0) is 42.6 Å². The van der Waals surface area contributed by atoms with Crippen molar-refractivity contribution in [1.29, 1.82) is 0 Å². The van der Waals surface area contributed by atoms with Gasteiger partial charge in [-0.15, -0.1) is 0 Å². The van der Waals surface area contributed by atoms with Gasteiger partial charge in [0.1, 0.15) is 17.9 Å². The summed E-state index contributed by atoms with van der Waals surface area (Å²) in [7, 11) is 1.63. The van der Waals surface area contributed by atoms with Crippen LogP contribution in [0.25, 0.3) is 0 Å². The van der Waals surface area contributed by atoms with Crippen LogP contribution in [0.1, 0.15) is 51.7 Å². The Morgan fingerprint density at radius 3 is 2.62 bits per heavy atom. The van der Waals surface area contributed by atoms with Crippen LogP contribution in [0.15, 0.2) is 18.2 Å². The van der Waals surface area contributed by atoms with E-state index < -0.39 is 18.1 Å². The highest BCUT2D eigenvalue weighted by Crippen LogP contribution is 2.43. The third-order valence-electron chi connectivity index (χ3n) is 8.03. The molecule has 1 aliphatic carbocycles. The SMILES string of the molecule is COc1c(C)cccc1CN1OC(CO)[C@@H](CO)[C@H]1C(=O)N[C@H]1CCC(C)(C)[C@@H](C)C1C. The summed E-state index contributed by atoms with van der Waals surface area (Å²) in [5.41, 5.74) is 2.14. The lowest BCUT2D eigenvalue weighted by molar-refractivity contribution is -0.182. The number of carbonyl (C=O) groups excluding carboxylic acids is 1. The van der Waals surface area contributed by atoms with Crippen molar-refractivity contribution in [2.75, 3.05) is 20.3 Å². The van der Waals surface area contributed by atoms with Crippen molar-refractivity contribution >= 4 is 5.91 Å². The van der Waals surface area contributed by atoms with Crippen molar-refractivity contribution in [3.05, 3.63) is 29.3 Å². The Morgan fingerprint density at radius 1 is 1.28 bits per heavy atom. The third-order valence-corrected chi connectivity index (χ3v) is 8.03. The lowest BCUT2D eigenvalue weighted by Crippen LogP contribution is -2.54. The smallest absolute Gasteiger partial charge is 0.240 e. The van der Waals surface area contributed by atoms with E-state index in [-0.39, 0.29) is 30.6 Å². The number of methoxy groups -OCH3 is 1. The number of ether oxygens (including phenoxy) is 1. The first-order valence-electron chi connectivity index (χ1n) is 11.7. The summed E-state index contributed by atoms with van der Waals surface area (Å²) in [6.07, 6.45) is 1.35. The van der Waals surface area contributed by atoms with E-state index >= 15 is 0 Å². The number of rotatable bonds is 7. The molecule has 7 heteroatoms. The molecule has 2 aliphatic rings. The lowest BCUT2D eigenvalue weighted by Gasteiger charge is -2.45. The van der Waals surface area contributed by atoms with E-state index in [9.17, 15) is 15.0 Å². The number of aliphatic hydroxyl groups excluding tert-OH is 2. The molecular weight excluding hydrogens is 408 g/mol. The summed E-state index contributed by atoms with van der Waals surface area (Å²) in [5, 5.41) is 24.8. The normalized spacial score (nSPS) is 32.6. The van der Waals surface area contributed by atoms with Crippen molar-refractivity contribution in [2.45, 2.75) is 72.2 Å². The number of carbonyl (C=O) groups is 1. The Hall–Kier alpha value is -1.67. The molecule has 2 fully saturated rings. The zero-order valence-corrected chi connectivity index (χ0v) is 20.3. The first-order chi connectivity index (χ1) is 15.1. The topological polar surface area (TPSA) is 91.3 Å². The molecule has 6 atom stereocenters. The first-order valence-corrected chi connectivity index (χ1v) is 11.7. The van der Waals surface area contributed by atoms with Crippen LogP contribution < -0.4 is 10.1 Å². The molecule has 180 valence electrons. The van der Waals surface area contributed by atoms with E-state index in [1.54, 1.807) is 12.2 Å². The van der Waals surface area contributed by atoms with Gasteiger partial charge >= 0.3 is 0 Å². The molecule has 1 saturated carbocycles. The Bertz CT molecular complexity index is 799. The minimum Gasteiger partial charge on any atom is -0.496 e. The monoisotopic (exact) mass is 448 g/mol. The zero-order valence-electron chi connectivity index (χ0n) is 20.3. The molecule has 1 aliphatic heterocycles. The van der Waals surface area contributed by atoms with Gasteiger partial charge in [0.25, 0.3) is 0 Å². The minimum absolute atomic E-state index is 0.0772. The van der Waals surface area contributed by atoms with Gasteiger partial charge in [-0.25, -0.2) is 0 Å². The van der Waals surface area contributed by atoms with Crippen molar-refractivity contribution in [2.24, 2.45) is 23.2 Å². The maximum atomic E-state index is 13.5. The number of nitrogens with one attached hydrogen (secondary N) is 1. The molecule has 0 aromatic heterocycles. The highest BCUT2D eigenvalue weighted by atomic mass is 16.7. The van der Waals surface area contributed by atoms with E-state index in [0.717, 1.165) is 29.7 Å². The molecule has 3 N–H and O–H groups in total. The Labute approximate surface area is 192 Å². The maximum absolute atomic E-state index is 13.5. The van der Waals surface area contributed by atoms with Crippen LogP contribution in [0, 0.1) is 30.1 Å². The van der Waals surface area contributed by atoms with Crippen LogP contribution in [0.2, 0.25) is 0 Å². The average Bonchev–Trinajstić information content (AvgIpc) is 3.12. The van der Waals surface area contributed by atoms with Gasteiger partial charge in [0, 0.05) is 17.5 Å². The number of aliphatic hydroxyl groups is 2. The van der Waals surface area contributed by atoms with Crippen molar-refractivity contribution < 1.29 is 24.6 Å². The predicted octanol–water partition coefficient (Wildman–Crippen LogP) is 2.67. The summed E-state index contributed by atoms with van der Waals surface area (Å²) < 4.78 is 5.57. The van der Waals surface area contributed by atoms with Crippen molar-refractivity contribution in [1.82, 2.24) is 10.4 Å². The molecule has 1 aromatic rings. The van der Waals surface area contributed by atoms with Gasteiger partial charge in [0.15, 0.2) is 0 Å². The number of para-hydroxylation sites is 1. The zero-order chi connectivity index (χ0) is 23.6. The van der Waals surface area contributed by atoms with Crippen molar-refractivity contribution in [3.63, 3.8) is 0 Å². The lowest BCUT2D eigenvalue weighted by atomic mass is 9.63. The fourth-order valence-corrected chi connectivity index (χ4v) is 5.43. The molecule has 32 heavy (non-hydrogen) atoms. The second kappa shape index (κ2) is 10.1. The second-order valence-electron chi connectivity index (χ2n) is 10.3. The number of hydrogen-bond acceptors (Lipinski definition) is 6. The van der Waals surface area contributed by atoms with E-state index in [2.05, 4.69) is 33.0 Å². The largest absolute Gasteiger partial charge is 0.496 e. The van der Waals surface area contributed by atoms with Gasteiger partial charge in [-0.1, -0.05) is 45.9 Å². The Kier molecular flexibility index (Phi) is 7.86. The molecule has 2 unspecified atom stereocenters. The van der Waals surface area contributed by atoms with Crippen LogP contribution in [0.5, 0.6) is 5.75 Å².